The Bertz CT molecular complexity index is 530. The monoisotopic (exact) mass is 291 g/mol. The van der Waals surface area contributed by atoms with Gasteiger partial charge in [0.1, 0.15) is 4.99 Å². The average molecular weight is 291 g/mol. The van der Waals surface area contributed by atoms with Crippen LogP contribution in [0.15, 0.2) is 18.2 Å². The lowest BCUT2D eigenvalue weighted by atomic mass is 9.96. The fourth-order valence-corrected chi connectivity index (χ4v) is 2.98. The summed E-state index contributed by atoms with van der Waals surface area (Å²) in [6, 6.07) is 6.10. The number of nitrogens with two attached hydrogens (primary N) is 1. The molecule has 1 aliphatic rings. The number of nitrogens with zero attached hydrogens (tertiary/aromatic N) is 1. The maximum absolute atomic E-state index is 11.8. The molecule has 0 bridgehead atoms. The third-order valence-electron chi connectivity index (χ3n) is 3.88. The van der Waals surface area contributed by atoms with Gasteiger partial charge in [-0.1, -0.05) is 12.2 Å². The van der Waals surface area contributed by atoms with E-state index in [1.807, 2.05) is 19.1 Å². The summed E-state index contributed by atoms with van der Waals surface area (Å²) in [5.74, 6) is 0.204. The Morgan fingerprint density at radius 1 is 1.50 bits per heavy atom. The molecule has 1 saturated heterocycles. The molecule has 1 aromatic carbocycles. The lowest BCUT2D eigenvalue weighted by Gasteiger charge is -2.33. The molecule has 2 rings (SSSR count). The van der Waals surface area contributed by atoms with Crippen LogP contribution < -0.4 is 16.0 Å². The van der Waals surface area contributed by atoms with E-state index < -0.39 is 0 Å². The van der Waals surface area contributed by atoms with E-state index >= 15 is 0 Å². The van der Waals surface area contributed by atoms with E-state index in [1.54, 1.807) is 7.05 Å². The van der Waals surface area contributed by atoms with Crippen LogP contribution in [0, 0.1) is 12.8 Å². The molecule has 0 spiro atoms. The zero-order valence-corrected chi connectivity index (χ0v) is 12.8. The molecular formula is C15H21N3OS. The van der Waals surface area contributed by atoms with E-state index in [1.165, 1.54) is 0 Å². The zero-order valence-electron chi connectivity index (χ0n) is 12.0. The molecule has 3 N–H and O–H groups in total. The van der Waals surface area contributed by atoms with Crippen LogP contribution in [-0.4, -0.2) is 31.0 Å². The van der Waals surface area contributed by atoms with Crippen molar-refractivity contribution in [2.75, 3.05) is 25.0 Å². The van der Waals surface area contributed by atoms with E-state index in [0.717, 1.165) is 42.7 Å². The number of piperidine rings is 1. The molecule has 1 aromatic rings. The third kappa shape index (κ3) is 3.10. The minimum Gasteiger partial charge on any atom is -0.389 e. The summed E-state index contributed by atoms with van der Waals surface area (Å²) in [5, 5.41) is 2.74. The van der Waals surface area contributed by atoms with Gasteiger partial charge in [0.15, 0.2) is 0 Å². The first-order valence-electron chi connectivity index (χ1n) is 6.90. The summed E-state index contributed by atoms with van der Waals surface area (Å²) < 4.78 is 0. The number of carbonyl (C=O) groups is 1. The molecule has 1 atom stereocenters. The second kappa shape index (κ2) is 6.22. The first-order chi connectivity index (χ1) is 9.52. The summed E-state index contributed by atoms with van der Waals surface area (Å²) in [5.41, 5.74) is 8.82. The topological polar surface area (TPSA) is 58.4 Å². The molecule has 108 valence electrons. The maximum atomic E-state index is 11.8. The van der Waals surface area contributed by atoms with Gasteiger partial charge in [-0.15, -0.1) is 0 Å². The van der Waals surface area contributed by atoms with Crippen LogP contribution in [0.25, 0.3) is 0 Å². The average Bonchev–Trinajstić information content (AvgIpc) is 2.46. The van der Waals surface area contributed by atoms with Crippen LogP contribution in [0.5, 0.6) is 0 Å². The standard InChI is InChI=1S/C15H21N3OS/c1-10-8-12(5-6-13(10)14(16)20)18-7-3-4-11(9-18)15(19)17-2/h5-6,8,11H,3-4,7,9H2,1-2H3,(H2,16,20)(H,17,19). The summed E-state index contributed by atoms with van der Waals surface area (Å²) in [4.78, 5) is 14.5. The van der Waals surface area contributed by atoms with Crippen molar-refractivity contribution in [2.45, 2.75) is 19.8 Å². The Morgan fingerprint density at radius 3 is 2.85 bits per heavy atom. The number of anilines is 1. The number of aryl methyl sites for hydroxylation is 1. The molecule has 0 aromatic heterocycles. The SMILES string of the molecule is CNC(=O)C1CCCN(c2ccc(C(N)=S)c(C)c2)C1. The van der Waals surface area contributed by atoms with Crippen LogP contribution in [0.2, 0.25) is 0 Å². The highest BCUT2D eigenvalue weighted by molar-refractivity contribution is 7.80. The molecule has 0 aliphatic carbocycles. The summed E-state index contributed by atoms with van der Waals surface area (Å²) in [6.45, 7) is 3.77. The van der Waals surface area contributed by atoms with Gasteiger partial charge in [-0.3, -0.25) is 4.79 Å². The number of carbonyl (C=O) groups excluding carboxylic acids is 1. The van der Waals surface area contributed by atoms with Gasteiger partial charge >= 0.3 is 0 Å². The van der Waals surface area contributed by atoms with Gasteiger partial charge in [0.05, 0.1) is 5.92 Å². The third-order valence-corrected chi connectivity index (χ3v) is 4.10. The Morgan fingerprint density at radius 2 is 2.25 bits per heavy atom. The number of amides is 1. The van der Waals surface area contributed by atoms with Crippen molar-refractivity contribution in [3.8, 4) is 0 Å². The van der Waals surface area contributed by atoms with Gasteiger partial charge in [0, 0.05) is 31.4 Å². The Balaban J connectivity index is 2.17. The predicted octanol–water partition coefficient (Wildman–Crippen LogP) is 1.59. The van der Waals surface area contributed by atoms with Crippen molar-refractivity contribution in [1.29, 1.82) is 0 Å². The van der Waals surface area contributed by atoms with Gasteiger partial charge in [-0.2, -0.15) is 0 Å². The number of hydrogen-bond acceptors (Lipinski definition) is 3. The zero-order chi connectivity index (χ0) is 14.7. The summed E-state index contributed by atoms with van der Waals surface area (Å²) in [6.07, 6.45) is 1.99. The number of nitrogens with one attached hydrogen (secondary N) is 1. The predicted molar refractivity (Wildman–Crippen MR) is 86.1 cm³/mol. The first kappa shape index (κ1) is 14.8. The molecule has 1 fully saturated rings. The highest BCUT2D eigenvalue weighted by Crippen LogP contribution is 2.25. The normalized spacial score (nSPS) is 18.7. The van der Waals surface area contributed by atoms with Crippen molar-refractivity contribution in [2.24, 2.45) is 11.7 Å². The van der Waals surface area contributed by atoms with Gasteiger partial charge in [-0.05, 0) is 43.5 Å². The van der Waals surface area contributed by atoms with Crippen LogP contribution in [-0.2, 0) is 4.79 Å². The van der Waals surface area contributed by atoms with Gasteiger partial charge in [-0.25, -0.2) is 0 Å². The van der Waals surface area contributed by atoms with Crippen LogP contribution >= 0.6 is 12.2 Å². The second-order valence-electron chi connectivity index (χ2n) is 5.26. The fraction of sp³-hybridized carbons (Fsp3) is 0.467. The second-order valence-corrected chi connectivity index (χ2v) is 5.70. The van der Waals surface area contributed by atoms with E-state index in [4.69, 9.17) is 18.0 Å². The Labute approximate surface area is 125 Å². The Kier molecular flexibility index (Phi) is 4.60. The van der Waals surface area contributed by atoms with E-state index in [-0.39, 0.29) is 11.8 Å². The van der Waals surface area contributed by atoms with E-state index in [9.17, 15) is 4.79 Å². The molecule has 1 heterocycles. The summed E-state index contributed by atoms with van der Waals surface area (Å²) >= 11 is 5.03. The van der Waals surface area contributed by atoms with Crippen LogP contribution in [0.4, 0.5) is 5.69 Å². The van der Waals surface area contributed by atoms with Crippen molar-refractivity contribution < 1.29 is 4.79 Å². The molecule has 20 heavy (non-hydrogen) atoms. The first-order valence-corrected chi connectivity index (χ1v) is 7.30. The smallest absolute Gasteiger partial charge is 0.224 e. The highest BCUT2D eigenvalue weighted by Gasteiger charge is 2.25. The molecule has 1 amide bonds. The molecular weight excluding hydrogens is 270 g/mol. The molecule has 1 aliphatic heterocycles. The van der Waals surface area contributed by atoms with Crippen LogP contribution in [0.1, 0.15) is 24.0 Å². The van der Waals surface area contributed by atoms with Gasteiger partial charge in [0.25, 0.3) is 0 Å². The van der Waals surface area contributed by atoms with E-state index in [2.05, 4.69) is 16.3 Å². The van der Waals surface area contributed by atoms with Crippen molar-refractivity contribution >= 4 is 28.8 Å². The van der Waals surface area contributed by atoms with Crippen molar-refractivity contribution in [3.05, 3.63) is 29.3 Å². The number of hydrogen-bond donors (Lipinski definition) is 2. The molecule has 0 radical (unpaired) electrons. The van der Waals surface area contributed by atoms with Gasteiger partial charge in [0.2, 0.25) is 5.91 Å². The Hall–Kier alpha value is -1.62. The van der Waals surface area contributed by atoms with Gasteiger partial charge < -0.3 is 16.0 Å². The lowest BCUT2D eigenvalue weighted by molar-refractivity contribution is -0.124. The highest BCUT2D eigenvalue weighted by atomic mass is 32.1. The number of rotatable bonds is 3. The fourth-order valence-electron chi connectivity index (χ4n) is 2.75. The summed E-state index contributed by atoms with van der Waals surface area (Å²) in [7, 11) is 1.70. The lowest BCUT2D eigenvalue weighted by Crippen LogP contribution is -2.42. The molecule has 4 nitrogen and oxygen atoms in total. The largest absolute Gasteiger partial charge is 0.389 e. The quantitative estimate of drug-likeness (QED) is 0.830. The maximum Gasteiger partial charge on any atom is 0.224 e. The van der Waals surface area contributed by atoms with E-state index in [0.29, 0.717) is 4.99 Å². The number of thiocarbonyl (C=S) groups is 1. The molecule has 1 unspecified atom stereocenters. The van der Waals surface area contributed by atoms with Crippen molar-refractivity contribution in [1.82, 2.24) is 5.32 Å². The van der Waals surface area contributed by atoms with Crippen LogP contribution in [0.3, 0.4) is 0 Å². The minimum absolute atomic E-state index is 0.0734. The minimum atomic E-state index is 0.0734. The number of benzene rings is 1. The molecule has 5 heteroatoms. The molecule has 0 saturated carbocycles. The van der Waals surface area contributed by atoms with Crippen molar-refractivity contribution in [3.63, 3.8) is 0 Å².